The Balaban J connectivity index is 2.30. The zero-order chi connectivity index (χ0) is 21.6. The van der Waals surface area contributed by atoms with E-state index < -0.39 is 10.0 Å². The first kappa shape index (κ1) is 22.7. The van der Waals surface area contributed by atoms with Crippen molar-refractivity contribution in [2.45, 2.75) is 38.7 Å². The van der Waals surface area contributed by atoms with Crippen molar-refractivity contribution < 1.29 is 22.7 Å². The zero-order valence-electron chi connectivity index (χ0n) is 17.4. The van der Waals surface area contributed by atoms with Crippen molar-refractivity contribution in [1.82, 2.24) is 4.31 Å². The molecule has 158 valence electrons. The second-order valence-corrected chi connectivity index (χ2v) is 8.53. The summed E-state index contributed by atoms with van der Waals surface area (Å²) < 4.78 is 37.8. The van der Waals surface area contributed by atoms with Crippen molar-refractivity contribution in [3.8, 4) is 11.5 Å². The Morgan fingerprint density at radius 2 is 1.69 bits per heavy atom. The molecule has 0 heterocycles. The molecule has 2 aromatic rings. The number of amides is 1. The van der Waals surface area contributed by atoms with Crippen LogP contribution in [0.1, 0.15) is 38.1 Å². The van der Waals surface area contributed by atoms with E-state index in [1.165, 1.54) is 29.6 Å². The minimum Gasteiger partial charge on any atom is -0.495 e. The molecule has 2 rings (SSSR count). The summed E-state index contributed by atoms with van der Waals surface area (Å²) in [6.45, 7) is 8.12. The Morgan fingerprint density at radius 3 is 2.21 bits per heavy atom. The molecule has 0 aliphatic heterocycles. The van der Waals surface area contributed by atoms with Crippen LogP contribution in [0, 0.1) is 0 Å². The van der Waals surface area contributed by atoms with Crippen molar-refractivity contribution >= 4 is 21.6 Å². The summed E-state index contributed by atoms with van der Waals surface area (Å²) >= 11 is 0. The highest BCUT2D eigenvalue weighted by molar-refractivity contribution is 7.89. The number of hydrogen-bond donors (Lipinski definition) is 1. The second-order valence-electron chi connectivity index (χ2n) is 6.60. The summed E-state index contributed by atoms with van der Waals surface area (Å²) in [6, 6.07) is 11.2. The smallest absolute Gasteiger partial charge is 0.255 e. The van der Waals surface area contributed by atoms with E-state index in [2.05, 4.69) is 5.32 Å². The van der Waals surface area contributed by atoms with Crippen molar-refractivity contribution in [2.75, 3.05) is 25.5 Å². The lowest BCUT2D eigenvalue weighted by atomic mass is 10.2. The lowest BCUT2D eigenvalue weighted by molar-refractivity contribution is 0.102. The highest BCUT2D eigenvalue weighted by Gasteiger charge is 2.23. The van der Waals surface area contributed by atoms with Gasteiger partial charge in [-0.05, 0) is 56.3 Å². The number of methoxy groups -OCH3 is 1. The number of benzene rings is 2. The number of rotatable bonds is 9. The van der Waals surface area contributed by atoms with Gasteiger partial charge in [-0.25, -0.2) is 8.42 Å². The van der Waals surface area contributed by atoms with E-state index in [0.29, 0.717) is 30.2 Å². The number of carbonyl (C=O) groups excluding carboxylic acids is 1. The molecule has 2 aromatic carbocycles. The van der Waals surface area contributed by atoms with Gasteiger partial charge in [0.1, 0.15) is 11.5 Å². The van der Waals surface area contributed by atoms with Crippen LogP contribution in [-0.2, 0) is 10.0 Å². The first-order valence-electron chi connectivity index (χ1n) is 9.49. The SMILES string of the molecule is CCN(CC)S(=O)(=O)c1ccc(OC)c(NC(=O)c2ccc(OC(C)C)cc2)c1. The minimum atomic E-state index is -3.66. The van der Waals surface area contributed by atoms with E-state index in [-0.39, 0.29) is 22.6 Å². The molecule has 1 N–H and O–H groups in total. The van der Waals surface area contributed by atoms with Gasteiger partial charge in [0.2, 0.25) is 10.0 Å². The minimum absolute atomic E-state index is 0.0365. The van der Waals surface area contributed by atoms with Gasteiger partial charge in [-0.2, -0.15) is 4.31 Å². The molecule has 0 bridgehead atoms. The van der Waals surface area contributed by atoms with Crippen LogP contribution < -0.4 is 14.8 Å². The third-order valence-electron chi connectivity index (χ3n) is 4.25. The van der Waals surface area contributed by atoms with Crippen LogP contribution in [0.3, 0.4) is 0 Å². The first-order valence-corrected chi connectivity index (χ1v) is 10.9. The molecular weight excluding hydrogens is 392 g/mol. The average molecular weight is 421 g/mol. The lowest BCUT2D eigenvalue weighted by Crippen LogP contribution is -2.30. The number of nitrogens with zero attached hydrogens (tertiary/aromatic N) is 1. The largest absolute Gasteiger partial charge is 0.495 e. The topological polar surface area (TPSA) is 84.9 Å². The van der Waals surface area contributed by atoms with Crippen LogP contribution in [0.25, 0.3) is 0 Å². The highest BCUT2D eigenvalue weighted by Crippen LogP contribution is 2.29. The Kier molecular flexibility index (Phi) is 7.64. The molecule has 0 radical (unpaired) electrons. The molecule has 0 aromatic heterocycles. The summed E-state index contributed by atoms with van der Waals surface area (Å²) in [6.07, 6.45) is 0.0365. The van der Waals surface area contributed by atoms with Gasteiger partial charge in [0.05, 0.1) is 23.8 Å². The van der Waals surface area contributed by atoms with E-state index >= 15 is 0 Å². The fourth-order valence-corrected chi connectivity index (χ4v) is 4.29. The Bertz CT molecular complexity index is 936. The molecule has 8 heteroatoms. The number of sulfonamides is 1. The van der Waals surface area contributed by atoms with Crippen LogP contribution in [-0.4, -0.2) is 44.9 Å². The maximum atomic E-state index is 12.8. The molecule has 0 unspecified atom stereocenters. The van der Waals surface area contributed by atoms with Gasteiger partial charge in [0.25, 0.3) is 5.91 Å². The molecular formula is C21H28N2O5S. The maximum absolute atomic E-state index is 12.8. The number of ether oxygens (including phenoxy) is 2. The Morgan fingerprint density at radius 1 is 1.07 bits per heavy atom. The molecule has 0 saturated heterocycles. The van der Waals surface area contributed by atoms with Gasteiger partial charge in [-0.1, -0.05) is 13.8 Å². The van der Waals surface area contributed by atoms with E-state index in [0.717, 1.165) is 0 Å². The maximum Gasteiger partial charge on any atom is 0.255 e. The molecule has 0 spiro atoms. The third-order valence-corrected chi connectivity index (χ3v) is 6.30. The molecule has 1 amide bonds. The number of nitrogens with one attached hydrogen (secondary N) is 1. The number of carbonyl (C=O) groups is 1. The lowest BCUT2D eigenvalue weighted by Gasteiger charge is -2.19. The number of hydrogen-bond acceptors (Lipinski definition) is 5. The van der Waals surface area contributed by atoms with Gasteiger partial charge in [-0.15, -0.1) is 0 Å². The van der Waals surface area contributed by atoms with Crippen LogP contribution in [0.4, 0.5) is 5.69 Å². The van der Waals surface area contributed by atoms with Crippen LogP contribution in [0.2, 0.25) is 0 Å². The number of anilines is 1. The fourth-order valence-electron chi connectivity index (χ4n) is 2.81. The second kappa shape index (κ2) is 9.76. The van der Waals surface area contributed by atoms with E-state index in [4.69, 9.17) is 9.47 Å². The summed E-state index contributed by atoms with van der Waals surface area (Å²) in [5.41, 5.74) is 0.702. The molecule has 0 fully saturated rings. The van der Waals surface area contributed by atoms with Gasteiger partial charge in [0.15, 0.2) is 0 Å². The third kappa shape index (κ3) is 5.48. The van der Waals surface area contributed by atoms with Gasteiger partial charge in [-0.3, -0.25) is 4.79 Å². The Hall–Kier alpha value is -2.58. The fraction of sp³-hybridized carbons (Fsp3) is 0.381. The zero-order valence-corrected chi connectivity index (χ0v) is 18.2. The Labute approximate surface area is 172 Å². The first-order chi connectivity index (χ1) is 13.7. The molecule has 0 aliphatic carbocycles. The van der Waals surface area contributed by atoms with E-state index in [1.807, 2.05) is 13.8 Å². The van der Waals surface area contributed by atoms with Crippen LogP contribution in [0.5, 0.6) is 11.5 Å². The van der Waals surface area contributed by atoms with Crippen LogP contribution >= 0.6 is 0 Å². The summed E-state index contributed by atoms with van der Waals surface area (Å²) in [5, 5.41) is 2.74. The molecule has 29 heavy (non-hydrogen) atoms. The van der Waals surface area contributed by atoms with Crippen molar-refractivity contribution in [2.24, 2.45) is 0 Å². The standard InChI is InChI=1S/C21H28N2O5S/c1-6-23(7-2)29(25,26)18-12-13-20(27-5)19(14-18)22-21(24)16-8-10-17(11-9-16)28-15(3)4/h8-15H,6-7H2,1-5H3,(H,22,24). The normalized spacial score (nSPS) is 11.6. The summed E-state index contributed by atoms with van der Waals surface area (Å²) in [4.78, 5) is 12.8. The van der Waals surface area contributed by atoms with Gasteiger partial charge >= 0.3 is 0 Å². The van der Waals surface area contributed by atoms with Gasteiger partial charge < -0.3 is 14.8 Å². The highest BCUT2D eigenvalue weighted by atomic mass is 32.2. The molecule has 0 saturated carbocycles. The van der Waals surface area contributed by atoms with Gasteiger partial charge in [0, 0.05) is 18.7 Å². The van der Waals surface area contributed by atoms with E-state index in [9.17, 15) is 13.2 Å². The molecule has 0 atom stereocenters. The quantitative estimate of drug-likeness (QED) is 0.668. The van der Waals surface area contributed by atoms with E-state index in [1.54, 1.807) is 38.1 Å². The monoisotopic (exact) mass is 420 g/mol. The van der Waals surface area contributed by atoms with Crippen molar-refractivity contribution in [3.05, 3.63) is 48.0 Å². The molecule has 7 nitrogen and oxygen atoms in total. The molecule has 0 aliphatic rings. The predicted octanol–water partition coefficient (Wildman–Crippen LogP) is 3.77. The predicted molar refractivity (Wildman–Crippen MR) is 113 cm³/mol. The summed E-state index contributed by atoms with van der Waals surface area (Å²) in [5.74, 6) is 0.662. The average Bonchev–Trinajstić information content (AvgIpc) is 2.68. The van der Waals surface area contributed by atoms with Crippen molar-refractivity contribution in [3.63, 3.8) is 0 Å². The van der Waals surface area contributed by atoms with Crippen molar-refractivity contribution in [1.29, 1.82) is 0 Å². The van der Waals surface area contributed by atoms with Crippen LogP contribution in [0.15, 0.2) is 47.4 Å². The summed E-state index contributed by atoms with van der Waals surface area (Å²) in [7, 11) is -2.20.